The summed E-state index contributed by atoms with van der Waals surface area (Å²) in [6, 6.07) is 0. The Kier molecular flexibility index (Phi) is 7.10. The number of anilines is 1. The monoisotopic (exact) mass is 661 g/mol. The number of hydrogen-bond acceptors (Lipinski definition) is 15. The van der Waals surface area contributed by atoms with Gasteiger partial charge in [0.25, 0.3) is 0 Å². The van der Waals surface area contributed by atoms with E-state index in [4.69, 9.17) is 28.4 Å². The fraction of sp³-hybridized carbons (Fsp3) is 0.524. The highest BCUT2D eigenvalue weighted by Gasteiger charge is 2.54. The normalized spacial score (nSPS) is 37.2. The predicted molar refractivity (Wildman–Crippen MR) is 139 cm³/mol. The van der Waals surface area contributed by atoms with E-state index in [0.29, 0.717) is 0 Å². The van der Waals surface area contributed by atoms with E-state index < -0.39 is 80.5 Å². The van der Waals surface area contributed by atoms with Crippen LogP contribution in [0.15, 0.2) is 24.0 Å². The van der Waals surface area contributed by atoms with E-state index in [-0.39, 0.29) is 40.7 Å². The molecule has 3 fully saturated rings. The van der Waals surface area contributed by atoms with Gasteiger partial charge in [-0.2, -0.15) is 13.1 Å². The molecule has 0 radical (unpaired) electrons. The SMILES string of the molecule is Nc1ncnc2c1ncn2C1OC2CNS(=O)(=O)OC3C(F)C(COP(=O)(O)OC2C1F)OC3n1cnc2c1N=CCC2=O. The molecule has 0 aromatic carbocycles. The third-order valence-electron chi connectivity index (χ3n) is 7.34. The Labute approximate surface area is 245 Å². The number of alkyl halides is 2. The van der Waals surface area contributed by atoms with Crippen LogP contribution in [0.5, 0.6) is 0 Å². The summed E-state index contributed by atoms with van der Waals surface area (Å²) in [4.78, 5) is 42.6. The van der Waals surface area contributed by atoms with Crippen molar-refractivity contribution in [3.05, 3.63) is 24.7 Å². The molecular weight excluding hydrogens is 639 g/mol. The summed E-state index contributed by atoms with van der Waals surface area (Å²) in [5.41, 5.74) is 5.93. The van der Waals surface area contributed by atoms with Crippen LogP contribution in [0, 0.1) is 0 Å². The van der Waals surface area contributed by atoms with Crippen molar-refractivity contribution >= 4 is 52.9 Å². The van der Waals surface area contributed by atoms with Crippen LogP contribution in [0.1, 0.15) is 29.4 Å². The van der Waals surface area contributed by atoms with Crippen LogP contribution in [0.25, 0.3) is 11.2 Å². The Bertz CT molecular complexity index is 1820. The van der Waals surface area contributed by atoms with Gasteiger partial charge in [0.2, 0.25) is 0 Å². The van der Waals surface area contributed by atoms with Crippen LogP contribution in [0.2, 0.25) is 0 Å². The number of nitrogens with two attached hydrogens (primary N) is 1. The van der Waals surface area contributed by atoms with Gasteiger partial charge in [0.15, 0.2) is 59.7 Å². The minimum absolute atomic E-state index is 0.00458. The second-order valence-electron chi connectivity index (χ2n) is 10.1. The lowest BCUT2D eigenvalue weighted by Gasteiger charge is -2.24. The van der Waals surface area contributed by atoms with Crippen molar-refractivity contribution in [1.29, 1.82) is 0 Å². The number of Topliss-reactive ketones (excluding diaryl/α,β-unsaturated/α-hetero) is 1. The highest BCUT2D eigenvalue weighted by atomic mass is 32.2. The van der Waals surface area contributed by atoms with Crippen molar-refractivity contribution in [3.63, 3.8) is 0 Å². The molecule has 44 heavy (non-hydrogen) atoms. The molecule has 4 aliphatic rings. The summed E-state index contributed by atoms with van der Waals surface area (Å²) in [5, 5.41) is 0. The average molecular weight is 661 g/mol. The van der Waals surface area contributed by atoms with Crippen LogP contribution >= 0.6 is 7.82 Å². The highest BCUT2D eigenvalue weighted by molar-refractivity contribution is 7.84. The molecule has 0 amide bonds. The van der Waals surface area contributed by atoms with Crippen LogP contribution in [-0.2, 0) is 37.6 Å². The smallest absolute Gasteiger partial charge is 0.382 e. The van der Waals surface area contributed by atoms with E-state index in [1.54, 1.807) is 0 Å². The van der Waals surface area contributed by atoms with E-state index >= 15 is 8.78 Å². The van der Waals surface area contributed by atoms with Crippen molar-refractivity contribution in [2.24, 2.45) is 4.99 Å². The lowest BCUT2D eigenvalue weighted by atomic mass is 10.1. The number of hydrogen-bond donors (Lipinski definition) is 3. The van der Waals surface area contributed by atoms with E-state index in [1.165, 1.54) is 6.21 Å². The number of fused-ring (bicyclic) bond motifs is 5. The summed E-state index contributed by atoms with van der Waals surface area (Å²) >= 11 is 0. The molecule has 9 unspecified atom stereocenters. The zero-order valence-electron chi connectivity index (χ0n) is 22.0. The topological polar surface area (TPSA) is 246 Å². The van der Waals surface area contributed by atoms with Gasteiger partial charge >= 0.3 is 18.1 Å². The van der Waals surface area contributed by atoms with Crippen LogP contribution in [0.4, 0.5) is 20.4 Å². The summed E-state index contributed by atoms with van der Waals surface area (Å²) in [7, 11) is -10.00. The number of aliphatic imine (C=N–C) groups is 1. The van der Waals surface area contributed by atoms with Gasteiger partial charge in [-0.05, 0) is 0 Å². The Morgan fingerprint density at radius 3 is 2.64 bits per heavy atom. The Balaban J connectivity index is 1.19. The molecule has 3 aromatic rings. The maximum atomic E-state index is 15.8. The van der Waals surface area contributed by atoms with E-state index in [9.17, 15) is 22.7 Å². The Morgan fingerprint density at radius 2 is 1.82 bits per heavy atom. The van der Waals surface area contributed by atoms with Gasteiger partial charge in [0, 0.05) is 19.2 Å². The van der Waals surface area contributed by atoms with Crippen molar-refractivity contribution in [2.45, 2.75) is 55.6 Å². The third kappa shape index (κ3) is 5.01. The predicted octanol–water partition coefficient (Wildman–Crippen LogP) is -0.200. The number of carbonyl (C=O) groups is 1. The molecule has 7 heterocycles. The van der Waals surface area contributed by atoms with Crippen molar-refractivity contribution in [3.8, 4) is 0 Å². The van der Waals surface area contributed by atoms with Gasteiger partial charge < -0.3 is 20.1 Å². The van der Waals surface area contributed by atoms with Crippen molar-refractivity contribution in [2.75, 3.05) is 18.9 Å². The number of nitrogen functional groups attached to an aromatic ring is 1. The second-order valence-corrected chi connectivity index (χ2v) is 12.9. The van der Waals surface area contributed by atoms with Crippen LogP contribution in [0.3, 0.4) is 0 Å². The highest BCUT2D eigenvalue weighted by Crippen LogP contribution is 2.50. The molecule has 236 valence electrons. The molecule has 4 N–H and O–H groups in total. The van der Waals surface area contributed by atoms with E-state index in [2.05, 4.69) is 24.9 Å². The molecule has 0 saturated carbocycles. The first kappa shape index (κ1) is 29.4. The van der Waals surface area contributed by atoms with Crippen LogP contribution < -0.4 is 10.5 Å². The average Bonchev–Trinajstić information content (AvgIpc) is 3.73. The number of nitrogens with one attached hydrogen (secondary N) is 1. The third-order valence-corrected chi connectivity index (χ3v) is 9.33. The number of aromatic nitrogens is 6. The van der Waals surface area contributed by atoms with Crippen LogP contribution in [-0.4, -0.2) is 104 Å². The number of ketones is 1. The number of imidazole rings is 2. The maximum absolute atomic E-state index is 15.8. The van der Waals surface area contributed by atoms with Gasteiger partial charge in [-0.25, -0.2) is 42.5 Å². The number of carbonyl (C=O) groups excluding carboxylic acids is 1. The lowest BCUT2D eigenvalue weighted by molar-refractivity contribution is -0.0514. The van der Waals surface area contributed by atoms with Gasteiger partial charge in [-0.1, -0.05) is 0 Å². The minimum Gasteiger partial charge on any atom is -0.382 e. The summed E-state index contributed by atoms with van der Waals surface area (Å²) in [5.74, 6) is -0.418. The first-order chi connectivity index (χ1) is 20.9. The molecule has 4 aliphatic heterocycles. The zero-order valence-corrected chi connectivity index (χ0v) is 23.7. The Morgan fingerprint density at radius 1 is 1.05 bits per heavy atom. The largest absolute Gasteiger partial charge is 0.472 e. The van der Waals surface area contributed by atoms with Crippen molar-refractivity contribution < 1.29 is 54.2 Å². The number of phosphoric ester groups is 1. The molecule has 3 aromatic heterocycles. The number of rotatable bonds is 2. The lowest BCUT2D eigenvalue weighted by Crippen LogP contribution is -2.43. The van der Waals surface area contributed by atoms with Gasteiger partial charge in [-0.15, -0.1) is 0 Å². The minimum atomic E-state index is -5.16. The maximum Gasteiger partial charge on any atom is 0.472 e. The quantitative estimate of drug-likeness (QED) is 0.301. The molecule has 19 nitrogen and oxygen atoms in total. The summed E-state index contributed by atoms with van der Waals surface area (Å²) in [6.07, 6.45) is -9.97. The fourth-order valence-electron chi connectivity index (χ4n) is 5.31. The molecule has 23 heteroatoms. The molecular formula is C21H22F2N9O10PS. The Hall–Kier alpha value is -3.34. The summed E-state index contributed by atoms with van der Waals surface area (Å²) in [6.45, 7) is -1.70. The number of ether oxygens (including phenoxy) is 2. The zero-order chi connectivity index (χ0) is 31.0. The van der Waals surface area contributed by atoms with E-state index in [1.807, 2.05) is 4.72 Å². The molecule has 7 rings (SSSR count). The molecule has 3 saturated heterocycles. The first-order valence-electron chi connectivity index (χ1n) is 12.9. The molecule has 9 atom stereocenters. The molecule has 2 bridgehead atoms. The molecule has 0 spiro atoms. The van der Waals surface area contributed by atoms with Gasteiger partial charge in [0.05, 0.1) is 19.3 Å². The standard InChI is InChI=1S/C21H22F2N9O10PS/c22-11-10-4-38-43(34,35)41-15-9(39-20(12(15)23)31-7-29-14-17(24)26-5-27-19(14)31)3-30-44(36,37)42-16(11)21(40-10)32-6-28-13-8(33)1-2-25-18(13)32/h2,5-7,9-12,15-16,20-21,30H,1,3-4H2,(H,34,35)(H2,24,26,27). The molecule has 0 aliphatic carbocycles. The summed E-state index contributed by atoms with van der Waals surface area (Å²) < 4.78 is 101. The van der Waals surface area contributed by atoms with Crippen molar-refractivity contribution in [1.82, 2.24) is 33.8 Å². The number of phosphoric acid groups is 1. The van der Waals surface area contributed by atoms with E-state index in [0.717, 1.165) is 28.1 Å². The second kappa shape index (κ2) is 10.6. The number of nitrogens with zero attached hydrogens (tertiary/aromatic N) is 7. The van der Waals surface area contributed by atoms with Gasteiger partial charge in [-0.3, -0.25) is 23.0 Å². The first-order valence-corrected chi connectivity index (χ1v) is 15.8. The van der Waals surface area contributed by atoms with Gasteiger partial charge in [0.1, 0.15) is 30.2 Å². The number of halogens is 2. The fourth-order valence-corrected chi connectivity index (χ4v) is 7.20.